The molecule has 0 spiro atoms. The maximum Gasteiger partial charge on any atom is 0.255 e. The Balaban J connectivity index is 1.18. The molecule has 3 atom stereocenters. The predicted octanol–water partition coefficient (Wildman–Crippen LogP) is 4.39. The minimum Gasteiger partial charge on any atom is -0.487 e. The van der Waals surface area contributed by atoms with Crippen molar-refractivity contribution < 1.29 is 18.7 Å². The van der Waals surface area contributed by atoms with Gasteiger partial charge in [0.05, 0.1) is 0 Å². The molecule has 0 radical (unpaired) electrons. The lowest BCUT2D eigenvalue weighted by atomic mass is 10.00. The lowest BCUT2D eigenvalue weighted by Crippen LogP contribution is -2.54. The molecule has 2 fully saturated rings. The molecule has 2 N–H and O–H groups in total. The number of ether oxygens (including phenoxy) is 1. The Morgan fingerprint density at radius 2 is 1.83 bits per heavy atom. The number of nitrogens with zero attached hydrogens (tertiary/aromatic N) is 2. The second kappa shape index (κ2) is 11.8. The summed E-state index contributed by atoms with van der Waals surface area (Å²) < 4.78 is 21.0. The van der Waals surface area contributed by atoms with E-state index in [1.807, 2.05) is 42.5 Å². The van der Waals surface area contributed by atoms with Gasteiger partial charge in [-0.2, -0.15) is 0 Å². The summed E-state index contributed by atoms with van der Waals surface area (Å²) in [4.78, 5) is 29.6. The topological polar surface area (TPSA) is 73.9 Å². The van der Waals surface area contributed by atoms with Gasteiger partial charge >= 0.3 is 0 Å². The van der Waals surface area contributed by atoms with Gasteiger partial charge in [0.15, 0.2) is 0 Å². The van der Waals surface area contributed by atoms with Gasteiger partial charge in [-0.25, -0.2) is 4.39 Å². The Labute approximate surface area is 240 Å². The summed E-state index contributed by atoms with van der Waals surface area (Å²) in [5, 5.41) is 6.47. The second-order valence-electron chi connectivity index (χ2n) is 11.1. The molecular weight excluding hydrogens is 519 g/mol. The molecule has 2 saturated heterocycles. The van der Waals surface area contributed by atoms with Crippen LogP contribution in [0.5, 0.6) is 5.75 Å². The van der Waals surface area contributed by atoms with Crippen LogP contribution in [-0.4, -0.2) is 52.9 Å². The fourth-order valence-corrected chi connectivity index (χ4v) is 6.07. The zero-order valence-electron chi connectivity index (χ0n) is 23.0. The van der Waals surface area contributed by atoms with E-state index in [2.05, 4.69) is 34.2 Å². The highest BCUT2D eigenvalue weighted by molar-refractivity contribution is 6.01. The molecule has 1 unspecified atom stereocenters. The molecule has 7 nitrogen and oxygen atoms in total. The largest absolute Gasteiger partial charge is 0.487 e. The minimum atomic E-state index is -0.498. The highest BCUT2D eigenvalue weighted by Gasteiger charge is 2.38. The summed E-state index contributed by atoms with van der Waals surface area (Å²) >= 11 is 0. The monoisotopic (exact) mass is 554 g/mol. The van der Waals surface area contributed by atoms with E-state index in [1.54, 1.807) is 17.0 Å². The quantitative estimate of drug-likeness (QED) is 0.432. The Bertz CT molecular complexity index is 1450. The van der Waals surface area contributed by atoms with Crippen LogP contribution in [0.25, 0.3) is 0 Å². The molecule has 3 aromatic rings. The molecule has 3 aliphatic heterocycles. The summed E-state index contributed by atoms with van der Waals surface area (Å²) in [6.07, 6.45) is 1.90. The van der Waals surface area contributed by atoms with Gasteiger partial charge in [-0.1, -0.05) is 55.1 Å². The molecule has 0 bridgehead atoms. The number of carbonyl (C=O) groups is 2. The first kappa shape index (κ1) is 27.2. The predicted molar refractivity (Wildman–Crippen MR) is 154 cm³/mol. The smallest absolute Gasteiger partial charge is 0.255 e. The lowest BCUT2D eigenvalue weighted by molar-refractivity contribution is -0.126. The van der Waals surface area contributed by atoms with E-state index >= 15 is 0 Å². The molecule has 3 aliphatic rings. The Kier molecular flexibility index (Phi) is 7.85. The van der Waals surface area contributed by atoms with Crippen molar-refractivity contribution in [2.24, 2.45) is 0 Å². The normalized spacial score (nSPS) is 22.9. The molecule has 0 aromatic heterocycles. The van der Waals surface area contributed by atoms with Crippen LogP contribution in [0.4, 0.5) is 4.39 Å². The first-order valence-electron chi connectivity index (χ1n) is 14.3. The molecule has 41 heavy (non-hydrogen) atoms. The number of carbonyl (C=O) groups excluding carboxylic acids is 2. The summed E-state index contributed by atoms with van der Waals surface area (Å²) in [6, 6.07) is 22.3. The molecule has 3 heterocycles. The number of rotatable bonds is 8. The number of amides is 2. The van der Waals surface area contributed by atoms with Crippen molar-refractivity contribution in [3.8, 4) is 5.75 Å². The average Bonchev–Trinajstić information content (AvgIpc) is 3.29. The average molecular weight is 555 g/mol. The van der Waals surface area contributed by atoms with Crippen LogP contribution in [0.2, 0.25) is 0 Å². The number of likely N-dealkylation sites (tertiary alicyclic amines) is 1. The standard InChI is InChI=1S/C33H35FN4O3/c1-22-11-14-30(32(39)36-22)38-20-25-17-26(12-13-27(25)33(38)40)41-31-21-37(19-24-9-5-6-10-28(24)34)16-15-29(31)35-18-23-7-3-2-4-8-23/h2-10,12-13,17,29-31,35H,1,11,14-16,18-21H2,(H,36,39)/t29-,30?,31-/m0/s1. The van der Waals surface area contributed by atoms with Gasteiger partial charge in [-0.15, -0.1) is 0 Å². The van der Waals surface area contributed by atoms with Crippen LogP contribution in [-0.2, 0) is 24.4 Å². The SMILES string of the molecule is C=C1CCC(N2Cc3cc(O[C@H]4CN(Cc5ccccc5F)CC[C@@H]4NCc4ccccc4)ccc3C2=O)C(=O)N1. The van der Waals surface area contributed by atoms with Crippen LogP contribution in [0.15, 0.2) is 85.1 Å². The van der Waals surface area contributed by atoms with Crippen LogP contribution >= 0.6 is 0 Å². The third-order valence-electron chi connectivity index (χ3n) is 8.30. The van der Waals surface area contributed by atoms with E-state index in [9.17, 15) is 14.0 Å². The van der Waals surface area contributed by atoms with Gasteiger partial charge in [0.1, 0.15) is 23.7 Å². The van der Waals surface area contributed by atoms with Gasteiger partial charge in [0.2, 0.25) is 5.91 Å². The Morgan fingerprint density at radius 1 is 1.02 bits per heavy atom. The van der Waals surface area contributed by atoms with Crippen molar-refractivity contribution in [3.63, 3.8) is 0 Å². The number of benzene rings is 3. The Hall–Kier alpha value is -4.01. The number of hydrogen-bond acceptors (Lipinski definition) is 5. The van der Waals surface area contributed by atoms with E-state index in [1.165, 1.54) is 11.6 Å². The molecule has 2 amide bonds. The van der Waals surface area contributed by atoms with Crippen molar-refractivity contribution in [2.45, 2.75) is 57.1 Å². The van der Waals surface area contributed by atoms with E-state index in [-0.39, 0.29) is 29.8 Å². The van der Waals surface area contributed by atoms with Gasteiger partial charge in [0, 0.05) is 55.6 Å². The summed E-state index contributed by atoms with van der Waals surface area (Å²) in [7, 11) is 0. The molecule has 6 rings (SSSR count). The van der Waals surface area contributed by atoms with Crippen molar-refractivity contribution >= 4 is 11.8 Å². The third-order valence-corrected chi connectivity index (χ3v) is 8.30. The summed E-state index contributed by atoms with van der Waals surface area (Å²) in [6.45, 7) is 6.91. The fourth-order valence-electron chi connectivity index (χ4n) is 6.07. The van der Waals surface area contributed by atoms with Crippen LogP contribution in [0, 0.1) is 5.82 Å². The number of hydrogen-bond donors (Lipinski definition) is 2. The summed E-state index contributed by atoms with van der Waals surface area (Å²) in [5.74, 6) is 0.181. The zero-order valence-corrected chi connectivity index (χ0v) is 23.0. The number of halogens is 1. The molecular formula is C33H35FN4O3. The van der Waals surface area contributed by atoms with Gasteiger partial charge in [0.25, 0.3) is 5.91 Å². The maximum atomic E-state index is 14.4. The van der Waals surface area contributed by atoms with Crippen molar-refractivity contribution in [3.05, 3.63) is 113 Å². The molecule has 0 aliphatic carbocycles. The number of fused-ring (bicyclic) bond motifs is 1. The third kappa shape index (κ3) is 6.04. The van der Waals surface area contributed by atoms with Gasteiger partial charge < -0.3 is 20.3 Å². The fraction of sp³-hybridized carbons (Fsp3) is 0.333. The van der Waals surface area contributed by atoms with Crippen LogP contribution in [0.3, 0.4) is 0 Å². The number of nitrogens with one attached hydrogen (secondary N) is 2. The van der Waals surface area contributed by atoms with Crippen molar-refractivity contribution in [1.29, 1.82) is 0 Å². The first-order chi connectivity index (χ1) is 19.9. The zero-order chi connectivity index (χ0) is 28.3. The number of piperidine rings is 2. The first-order valence-corrected chi connectivity index (χ1v) is 14.3. The van der Waals surface area contributed by atoms with Crippen LogP contribution in [0.1, 0.15) is 46.3 Å². The lowest BCUT2D eigenvalue weighted by Gasteiger charge is -2.39. The second-order valence-corrected chi connectivity index (χ2v) is 11.1. The molecule has 212 valence electrons. The van der Waals surface area contributed by atoms with Crippen molar-refractivity contribution in [1.82, 2.24) is 20.4 Å². The van der Waals surface area contributed by atoms with E-state index in [0.29, 0.717) is 55.0 Å². The highest BCUT2D eigenvalue weighted by Crippen LogP contribution is 2.32. The van der Waals surface area contributed by atoms with E-state index in [4.69, 9.17) is 4.74 Å². The minimum absolute atomic E-state index is 0.0949. The number of allylic oxidation sites excluding steroid dienone is 1. The van der Waals surface area contributed by atoms with E-state index < -0.39 is 6.04 Å². The van der Waals surface area contributed by atoms with Crippen molar-refractivity contribution in [2.75, 3.05) is 13.1 Å². The molecule has 3 aromatic carbocycles. The maximum absolute atomic E-state index is 14.4. The molecule has 0 saturated carbocycles. The van der Waals surface area contributed by atoms with Gasteiger partial charge in [-0.05, 0) is 54.7 Å². The Morgan fingerprint density at radius 3 is 2.63 bits per heavy atom. The van der Waals surface area contributed by atoms with Gasteiger partial charge in [-0.3, -0.25) is 14.5 Å². The van der Waals surface area contributed by atoms with Crippen LogP contribution < -0.4 is 15.4 Å². The van der Waals surface area contributed by atoms with E-state index in [0.717, 1.165) is 25.1 Å². The highest BCUT2D eigenvalue weighted by atomic mass is 19.1. The molecule has 8 heteroatoms. The summed E-state index contributed by atoms with van der Waals surface area (Å²) in [5.41, 5.74) is 4.04.